The van der Waals surface area contributed by atoms with Gasteiger partial charge in [0.25, 0.3) is 11.8 Å². The molecule has 0 atom stereocenters. The Bertz CT molecular complexity index is 1070. The monoisotopic (exact) mass is 388 g/mol. The van der Waals surface area contributed by atoms with E-state index in [1.165, 1.54) is 0 Å². The number of carbonyl (C=O) groups excluding carboxylic acids is 2. The molecule has 5 heteroatoms. The smallest absolute Gasteiger partial charge is 0.258 e. The van der Waals surface area contributed by atoms with Gasteiger partial charge in [-0.15, -0.1) is 0 Å². The van der Waals surface area contributed by atoms with E-state index in [0.717, 1.165) is 35.1 Å². The standard InChI is InChI=1S/C24H24N2O3/c1-3-5-15-26-21-14-13-20(18-7-6-8-19(22(18)21)24(26)28)25-23(27)16-9-11-17(12-10-16)29-4-2/h6-14H,3-5,15H2,1-2H3,(H,25,27). The molecule has 148 valence electrons. The van der Waals surface area contributed by atoms with Gasteiger partial charge in [0.1, 0.15) is 5.75 Å². The normalized spacial score (nSPS) is 12.5. The Kier molecular flexibility index (Phi) is 5.21. The second kappa shape index (κ2) is 7.95. The highest BCUT2D eigenvalue weighted by atomic mass is 16.5. The van der Waals surface area contributed by atoms with Gasteiger partial charge in [-0.25, -0.2) is 0 Å². The lowest BCUT2D eigenvalue weighted by atomic mass is 10.0. The minimum atomic E-state index is -0.194. The first kappa shape index (κ1) is 19.0. The second-order valence-corrected chi connectivity index (χ2v) is 7.08. The van der Waals surface area contributed by atoms with Crippen LogP contribution in [0.3, 0.4) is 0 Å². The van der Waals surface area contributed by atoms with Crippen molar-refractivity contribution in [2.45, 2.75) is 26.7 Å². The molecule has 3 aromatic carbocycles. The van der Waals surface area contributed by atoms with E-state index in [0.29, 0.717) is 30.0 Å². The SMILES string of the molecule is CCCCN1C(=O)c2cccc3c(NC(=O)c4ccc(OCC)cc4)ccc1c23. The zero-order valence-corrected chi connectivity index (χ0v) is 16.7. The van der Waals surface area contributed by atoms with Crippen LogP contribution < -0.4 is 15.0 Å². The van der Waals surface area contributed by atoms with E-state index in [-0.39, 0.29) is 11.8 Å². The summed E-state index contributed by atoms with van der Waals surface area (Å²) in [6, 6.07) is 16.6. The Labute approximate surface area is 170 Å². The lowest BCUT2D eigenvalue weighted by Gasteiger charge is -2.17. The van der Waals surface area contributed by atoms with Gasteiger partial charge in [0.15, 0.2) is 0 Å². The summed E-state index contributed by atoms with van der Waals surface area (Å²) in [5.74, 6) is 0.579. The van der Waals surface area contributed by atoms with Crippen LogP contribution in [-0.4, -0.2) is 25.0 Å². The van der Waals surface area contributed by atoms with Crippen LogP contribution in [0.1, 0.15) is 47.4 Å². The molecule has 2 amide bonds. The lowest BCUT2D eigenvalue weighted by Crippen LogP contribution is -2.27. The zero-order valence-electron chi connectivity index (χ0n) is 16.7. The van der Waals surface area contributed by atoms with Crippen molar-refractivity contribution in [3.05, 3.63) is 65.7 Å². The fourth-order valence-electron chi connectivity index (χ4n) is 3.76. The van der Waals surface area contributed by atoms with E-state index in [4.69, 9.17) is 4.74 Å². The van der Waals surface area contributed by atoms with Crippen LogP contribution in [0, 0.1) is 0 Å². The summed E-state index contributed by atoms with van der Waals surface area (Å²) < 4.78 is 5.43. The first-order valence-electron chi connectivity index (χ1n) is 10.1. The maximum atomic E-state index is 12.9. The molecule has 0 radical (unpaired) electrons. The number of benzene rings is 3. The summed E-state index contributed by atoms with van der Waals surface area (Å²) in [6.45, 7) is 5.32. The number of ether oxygens (including phenoxy) is 1. The van der Waals surface area contributed by atoms with Gasteiger partial charge in [-0.05, 0) is 55.8 Å². The van der Waals surface area contributed by atoms with Crippen molar-refractivity contribution in [3.63, 3.8) is 0 Å². The minimum absolute atomic E-state index is 0.0361. The Morgan fingerprint density at radius 1 is 1.03 bits per heavy atom. The lowest BCUT2D eigenvalue weighted by molar-refractivity contribution is 0.0991. The predicted molar refractivity (Wildman–Crippen MR) is 116 cm³/mol. The number of amides is 2. The summed E-state index contributed by atoms with van der Waals surface area (Å²) in [5.41, 5.74) is 2.88. The molecule has 29 heavy (non-hydrogen) atoms. The summed E-state index contributed by atoms with van der Waals surface area (Å²) in [5, 5.41) is 4.79. The Morgan fingerprint density at radius 2 is 1.83 bits per heavy atom. The largest absolute Gasteiger partial charge is 0.494 e. The number of nitrogens with one attached hydrogen (secondary N) is 1. The van der Waals surface area contributed by atoms with Gasteiger partial charge in [-0.3, -0.25) is 9.59 Å². The van der Waals surface area contributed by atoms with Gasteiger partial charge >= 0.3 is 0 Å². The maximum Gasteiger partial charge on any atom is 0.258 e. The van der Waals surface area contributed by atoms with Gasteiger partial charge in [-0.1, -0.05) is 25.5 Å². The first-order valence-corrected chi connectivity index (χ1v) is 10.1. The third-order valence-corrected chi connectivity index (χ3v) is 5.20. The van der Waals surface area contributed by atoms with Crippen molar-refractivity contribution in [3.8, 4) is 5.75 Å². The van der Waals surface area contributed by atoms with Crippen LogP contribution in [0.15, 0.2) is 54.6 Å². The third-order valence-electron chi connectivity index (χ3n) is 5.20. The van der Waals surface area contributed by atoms with Crippen molar-refractivity contribution < 1.29 is 14.3 Å². The van der Waals surface area contributed by atoms with Crippen molar-refractivity contribution in [1.29, 1.82) is 0 Å². The van der Waals surface area contributed by atoms with Crippen molar-refractivity contribution in [2.75, 3.05) is 23.4 Å². The van der Waals surface area contributed by atoms with E-state index >= 15 is 0 Å². The topological polar surface area (TPSA) is 58.6 Å². The van der Waals surface area contributed by atoms with Crippen LogP contribution in [0.2, 0.25) is 0 Å². The Hall–Kier alpha value is -3.34. The molecule has 0 saturated heterocycles. The van der Waals surface area contributed by atoms with Gasteiger partial charge < -0.3 is 15.0 Å². The van der Waals surface area contributed by atoms with E-state index in [1.807, 2.05) is 42.2 Å². The number of nitrogens with zero attached hydrogens (tertiary/aromatic N) is 1. The van der Waals surface area contributed by atoms with Crippen LogP contribution in [0.4, 0.5) is 11.4 Å². The van der Waals surface area contributed by atoms with Crippen LogP contribution in [-0.2, 0) is 0 Å². The molecule has 1 N–H and O–H groups in total. The average molecular weight is 388 g/mol. The maximum absolute atomic E-state index is 12.9. The molecule has 5 nitrogen and oxygen atoms in total. The fraction of sp³-hybridized carbons (Fsp3) is 0.250. The number of unbranched alkanes of at least 4 members (excludes halogenated alkanes) is 1. The molecule has 0 fully saturated rings. The number of carbonyl (C=O) groups is 2. The predicted octanol–water partition coefficient (Wildman–Crippen LogP) is 5.25. The van der Waals surface area contributed by atoms with Gasteiger partial charge in [-0.2, -0.15) is 0 Å². The van der Waals surface area contributed by atoms with Gasteiger partial charge in [0.2, 0.25) is 0 Å². The van der Waals surface area contributed by atoms with Crippen molar-refractivity contribution >= 4 is 34.0 Å². The summed E-state index contributed by atoms with van der Waals surface area (Å²) >= 11 is 0. The molecule has 4 rings (SSSR count). The quantitative estimate of drug-likeness (QED) is 0.601. The molecular weight excluding hydrogens is 364 g/mol. The molecule has 1 heterocycles. The van der Waals surface area contributed by atoms with E-state index < -0.39 is 0 Å². The highest BCUT2D eigenvalue weighted by Crippen LogP contribution is 2.40. The third kappa shape index (κ3) is 3.44. The second-order valence-electron chi connectivity index (χ2n) is 7.08. The van der Waals surface area contributed by atoms with E-state index in [1.54, 1.807) is 24.3 Å². The Morgan fingerprint density at radius 3 is 2.55 bits per heavy atom. The summed E-state index contributed by atoms with van der Waals surface area (Å²) in [4.78, 5) is 27.4. The molecule has 0 aromatic heterocycles. The van der Waals surface area contributed by atoms with Gasteiger partial charge in [0.05, 0.1) is 12.3 Å². The van der Waals surface area contributed by atoms with Crippen molar-refractivity contribution in [2.24, 2.45) is 0 Å². The van der Waals surface area contributed by atoms with Crippen LogP contribution in [0.25, 0.3) is 10.8 Å². The minimum Gasteiger partial charge on any atom is -0.494 e. The van der Waals surface area contributed by atoms with Crippen LogP contribution in [0.5, 0.6) is 5.75 Å². The summed E-state index contributed by atoms with van der Waals surface area (Å²) in [7, 11) is 0. The number of anilines is 2. The number of hydrogen-bond donors (Lipinski definition) is 1. The highest BCUT2D eigenvalue weighted by Gasteiger charge is 2.30. The fourth-order valence-corrected chi connectivity index (χ4v) is 3.76. The first-order chi connectivity index (χ1) is 14.1. The Balaban J connectivity index is 1.65. The molecule has 1 aliphatic rings. The molecule has 0 aliphatic carbocycles. The molecular formula is C24H24N2O3. The van der Waals surface area contributed by atoms with E-state index in [2.05, 4.69) is 12.2 Å². The van der Waals surface area contributed by atoms with E-state index in [9.17, 15) is 9.59 Å². The molecule has 0 unspecified atom stereocenters. The molecule has 0 bridgehead atoms. The molecule has 0 spiro atoms. The molecule has 1 aliphatic heterocycles. The van der Waals surface area contributed by atoms with Crippen LogP contribution >= 0.6 is 0 Å². The number of hydrogen-bond acceptors (Lipinski definition) is 3. The number of rotatable bonds is 7. The highest BCUT2D eigenvalue weighted by molar-refractivity contribution is 6.27. The molecule has 3 aromatic rings. The summed E-state index contributed by atoms with van der Waals surface area (Å²) in [6.07, 6.45) is 1.98. The van der Waals surface area contributed by atoms with Crippen molar-refractivity contribution in [1.82, 2.24) is 0 Å². The van der Waals surface area contributed by atoms with Gasteiger partial charge in [0, 0.05) is 34.1 Å². The molecule has 0 saturated carbocycles. The zero-order chi connectivity index (χ0) is 20.4. The average Bonchev–Trinajstić information content (AvgIpc) is 3.02.